The standard InChI is InChI=1S/C13H13N3O/c1-8-3-4-9-6-12(17-11(9)5-8)13-10(14)7-15-16(13)2/h3-7H,14H2,1-2H3. The third-order valence-electron chi connectivity index (χ3n) is 2.88. The molecule has 17 heavy (non-hydrogen) atoms. The number of nitrogens with two attached hydrogens (primary N) is 1. The predicted molar refractivity (Wildman–Crippen MR) is 67.6 cm³/mol. The molecule has 2 aromatic heterocycles. The predicted octanol–water partition coefficient (Wildman–Crippen LogP) is 2.72. The molecule has 0 amide bonds. The van der Waals surface area contributed by atoms with Gasteiger partial charge in [0.05, 0.1) is 11.9 Å². The monoisotopic (exact) mass is 227 g/mol. The molecule has 0 aliphatic rings. The Morgan fingerprint density at radius 1 is 1.29 bits per heavy atom. The molecule has 2 N–H and O–H groups in total. The maximum atomic E-state index is 5.88. The summed E-state index contributed by atoms with van der Waals surface area (Å²) in [5.74, 6) is 0.753. The van der Waals surface area contributed by atoms with Crippen LogP contribution in [0.15, 0.2) is 34.9 Å². The first-order valence-electron chi connectivity index (χ1n) is 5.43. The van der Waals surface area contributed by atoms with Gasteiger partial charge in [0, 0.05) is 12.4 Å². The highest BCUT2D eigenvalue weighted by molar-refractivity contribution is 5.84. The molecular formula is C13H13N3O. The smallest absolute Gasteiger partial charge is 0.155 e. The van der Waals surface area contributed by atoms with Crippen LogP contribution < -0.4 is 5.73 Å². The van der Waals surface area contributed by atoms with Crippen LogP contribution >= 0.6 is 0 Å². The molecule has 0 saturated heterocycles. The molecule has 0 atom stereocenters. The van der Waals surface area contributed by atoms with E-state index in [0.29, 0.717) is 5.69 Å². The zero-order chi connectivity index (χ0) is 12.0. The van der Waals surface area contributed by atoms with Gasteiger partial charge in [0.15, 0.2) is 5.76 Å². The van der Waals surface area contributed by atoms with Crippen molar-refractivity contribution in [1.29, 1.82) is 0 Å². The van der Waals surface area contributed by atoms with Crippen molar-refractivity contribution in [3.8, 4) is 11.5 Å². The molecule has 0 unspecified atom stereocenters. The van der Waals surface area contributed by atoms with Gasteiger partial charge in [0.1, 0.15) is 11.3 Å². The highest BCUT2D eigenvalue weighted by Gasteiger charge is 2.13. The third kappa shape index (κ3) is 1.49. The fourth-order valence-electron chi connectivity index (χ4n) is 2.01. The molecule has 4 heteroatoms. The summed E-state index contributed by atoms with van der Waals surface area (Å²) in [5.41, 5.74) is 9.38. The highest BCUT2D eigenvalue weighted by Crippen LogP contribution is 2.31. The molecule has 0 radical (unpaired) electrons. The number of anilines is 1. The van der Waals surface area contributed by atoms with Gasteiger partial charge in [-0.15, -0.1) is 0 Å². The summed E-state index contributed by atoms with van der Waals surface area (Å²) in [4.78, 5) is 0. The Bertz CT molecular complexity index is 674. The molecule has 0 aliphatic heterocycles. The molecule has 3 rings (SSSR count). The number of hydrogen-bond donors (Lipinski definition) is 1. The minimum absolute atomic E-state index is 0.628. The van der Waals surface area contributed by atoms with Crippen molar-refractivity contribution in [2.75, 3.05) is 5.73 Å². The lowest BCUT2D eigenvalue weighted by molar-refractivity contribution is 0.618. The van der Waals surface area contributed by atoms with Crippen molar-refractivity contribution < 1.29 is 4.42 Å². The lowest BCUT2D eigenvalue weighted by Gasteiger charge is -1.98. The molecule has 0 bridgehead atoms. The van der Waals surface area contributed by atoms with Crippen LogP contribution in [0.25, 0.3) is 22.4 Å². The van der Waals surface area contributed by atoms with Gasteiger partial charge in [-0.1, -0.05) is 12.1 Å². The second kappa shape index (κ2) is 3.38. The van der Waals surface area contributed by atoms with Crippen molar-refractivity contribution in [3.05, 3.63) is 36.0 Å². The van der Waals surface area contributed by atoms with E-state index in [2.05, 4.69) is 11.2 Å². The van der Waals surface area contributed by atoms with E-state index in [0.717, 1.165) is 22.4 Å². The number of rotatable bonds is 1. The molecule has 0 spiro atoms. The number of hydrogen-bond acceptors (Lipinski definition) is 3. The lowest BCUT2D eigenvalue weighted by atomic mass is 10.2. The van der Waals surface area contributed by atoms with E-state index >= 15 is 0 Å². The topological polar surface area (TPSA) is 57.0 Å². The van der Waals surface area contributed by atoms with Crippen LogP contribution in [0.5, 0.6) is 0 Å². The average Bonchev–Trinajstić information content (AvgIpc) is 2.81. The van der Waals surface area contributed by atoms with E-state index in [1.54, 1.807) is 10.9 Å². The zero-order valence-corrected chi connectivity index (χ0v) is 9.77. The summed E-state index contributed by atoms with van der Waals surface area (Å²) in [6.07, 6.45) is 1.63. The molecule has 3 aromatic rings. The first-order valence-corrected chi connectivity index (χ1v) is 5.43. The van der Waals surface area contributed by atoms with Crippen molar-refractivity contribution in [2.24, 2.45) is 7.05 Å². The average molecular weight is 227 g/mol. The van der Waals surface area contributed by atoms with Crippen LogP contribution in [0.1, 0.15) is 5.56 Å². The van der Waals surface area contributed by atoms with Crippen molar-refractivity contribution in [1.82, 2.24) is 9.78 Å². The Kier molecular flexibility index (Phi) is 1.98. The van der Waals surface area contributed by atoms with Crippen LogP contribution in [-0.2, 0) is 7.05 Å². The normalized spacial score (nSPS) is 11.2. The van der Waals surface area contributed by atoms with Gasteiger partial charge in [0.25, 0.3) is 0 Å². The summed E-state index contributed by atoms with van der Waals surface area (Å²) in [6, 6.07) is 8.12. The quantitative estimate of drug-likeness (QED) is 0.695. The Balaban J connectivity index is 2.25. The Hall–Kier alpha value is -2.23. The second-order valence-electron chi connectivity index (χ2n) is 4.22. The molecule has 86 valence electrons. The number of benzene rings is 1. The van der Waals surface area contributed by atoms with Crippen LogP contribution in [0.4, 0.5) is 5.69 Å². The first kappa shape index (κ1) is 9.96. The van der Waals surface area contributed by atoms with E-state index in [-0.39, 0.29) is 0 Å². The highest BCUT2D eigenvalue weighted by atomic mass is 16.3. The van der Waals surface area contributed by atoms with E-state index in [1.165, 1.54) is 5.56 Å². The van der Waals surface area contributed by atoms with Gasteiger partial charge >= 0.3 is 0 Å². The summed E-state index contributed by atoms with van der Waals surface area (Å²) >= 11 is 0. The Morgan fingerprint density at radius 3 is 2.82 bits per heavy atom. The molecule has 4 nitrogen and oxygen atoms in total. The fourth-order valence-corrected chi connectivity index (χ4v) is 2.01. The molecule has 0 aliphatic carbocycles. The van der Waals surface area contributed by atoms with Crippen LogP contribution in [0.2, 0.25) is 0 Å². The van der Waals surface area contributed by atoms with E-state index in [4.69, 9.17) is 10.2 Å². The summed E-state index contributed by atoms with van der Waals surface area (Å²) in [7, 11) is 1.85. The van der Waals surface area contributed by atoms with Crippen LogP contribution in [0, 0.1) is 6.92 Å². The van der Waals surface area contributed by atoms with Crippen molar-refractivity contribution in [2.45, 2.75) is 6.92 Å². The fraction of sp³-hybridized carbons (Fsp3) is 0.154. The maximum absolute atomic E-state index is 5.88. The van der Waals surface area contributed by atoms with Gasteiger partial charge in [-0.05, 0) is 24.6 Å². The third-order valence-corrected chi connectivity index (χ3v) is 2.88. The van der Waals surface area contributed by atoms with Gasteiger partial charge < -0.3 is 10.2 Å². The Labute approximate surface area is 98.6 Å². The summed E-state index contributed by atoms with van der Waals surface area (Å²) in [5, 5.41) is 5.19. The molecule has 0 fully saturated rings. The molecule has 0 saturated carbocycles. The van der Waals surface area contributed by atoms with Gasteiger partial charge in [-0.25, -0.2) is 0 Å². The minimum atomic E-state index is 0.628. The van der Waals surface area contributed by atoms with Crippen LogP contribution in [-0.4, -0.2) is 9.78 Å². The van der Waals surface area contributed by atoms with Gasteiger partial charge in [0.2, 0.25) is 0 Å². The number of aryl methyl sites for hydroxylation is 2. The number of furan rings is 1. The minimum Gasteiger partial charge on any atom is -0.454 e. The number of fused-ring (bicyclic) bond motifs is 1. The van der Waals surface area contributed by atoms with Crippen molar-refractivity contribution >= 4 is 16.7 Å². The molecule has 2 heterocycles. The zero-order valence-electron chi connectivity index (χ0n) is 9.77. The number of aromatic nitrogens is 2. The largest absolute Gasteiger partial charge is 0.454 e. The molecular weight excluding hydrogens is 214 g/mol. The lowest BCUT2D eigenvalue weighted by Crippen LogP contribution is -1.94. The second-order valence-corrected chi connectivity index (χ2v) is 4.22. The summed E-state index contributed by atoms with van der Waals surface area (Å²) in [6.45, 7) is 2.04. The number of nitrogen functional groups attached to an aromatic ring is 1. The van der Waals surface area contributed by atoms with Crippen LogP contribution in [0.3, 0.4) is 0 Å². The molecule has 1 aromatic carbocycles. The maximum Gasteiger partial charge on any atom is 0.155 e. The van der Waals surface area contributed by atoms with E-state index < -0.39 is 0 Å². The van der Waals surface area contributed by atoms with Gasteiger partial charge in [-0.3, -0.25) is 4.68 Å². The summed E-state index contributed by atoms with van der Waals surface area (Å²) < 4.78 is 7.54. The SMILES string of the molecule is Cc1ccc2cc(-c3c(N)cnn3C)oc2c1. The first-order chi connectivity index (χ1) is 8.15. The Morgan fingerprint density at radius 2 is 2.12 bits per heavy atom. The van der Waals surface area contributed by atoms with Gasteiger partial charge in [-0.2, -0.15) is 5.10 Å². The van der Waals surface area contributed by atoms with E-state index in [1.807, 2.05) is 32.2 Å². The van der Waals surface area contributed by atoms with Crippen molar-refractivity contribution in [3.63, 3.8) is 0 Å². The number of nitrogens with zero attached hydrogens (tertiary/aromatic N) is 2. The van der Waals surface area contributed by atoms with E-state index in [9.17, 15) is 0 Å².